The molecule has 7 heteroatoms. The van der Waals surface area contributed by atoms with E-state index in [9.17, 15) is 4.79 Å². The van der Waals surface area contributed by atoms with Crippen molar-refractivity contribution in [2.75, 3.05) is 4.90 Å². The lowest BCUT2D eigenvalue weighted by Crippen LogP contribution is -2.27. The molecule has 0 bridgehead atoms. The van der Waals surface area contributed by atoms with Crippen LogP contribution in [0.5, 0.6) is 0 Å². The Bertz CT molecular complexity index is 1150. The van der Waals surface area contributed by atoms with Crippen LogP contribution in [0.2, 0.25) is 0 Å². The van der Waals surface area contributed by atoms with Gasteiger partial charge in [0, 0.05) is 16.8 Å². The Hall–Kier alpha value is -3.06. The minimum absolute atomic E-state index is 0.148. The second kappa shape index (κ2) is 7.16. The van der Waals surface area contributed by atoms with Crippen molar-refractivity contribution in [1.29, 1.82) is 0 Å². The van der Waals surface area contributed by atoms with Crippen LogP contribution in [0.25, 0.3) is 11.0 Å². The van der Waals surface area contributed by atoms with Gasteiger partial charge in [-0.05, 0) is 45.9 Å². The van der Waals surface area contributed by atoms with Gasteiger partial charge < -0.3 is 0 Å². The lowest BCUT2D eigenvalue weighted by molar-refractivity contribution is 0.0998. The SMILES string of the molecule is Cc1csc(N(C(=O)c2cc3cnn(C(C)C)c3nc2C)c2ccccc2)n1. The number of benzene rings is 1. The lowest BCUT2D eigenvalue weighted by Gasteiger charge is -2.21. The molecular weight excluding hydrogens is 370 g/mol. The van der Waals surface area contributed by atoms with Gasteiger partial charge in [-0.3, -0.25) is 9.69 Å². The summed E-state index contributed by atoms with van der Waals surface area (Å²) >= 11 is 1.45. The maximum Gasteiger partial charge on any atom is 0.266 e. The topological polar surface area (TPSA) is 63.9 Å². The highest BCUT2D eigenvalue weighted by Crippen LogP contribution is 2.31. The Kier molecular flexibility index (Phi) is 4.68. The number of carbonyl (C=O) groups excluding carboxylic acids is 1. The first-order valence-corrected chi connectivity index (χ1v) is 10.00. The van der Waals surface area contributed by atoms with Crippen LogP contribution >= 0.6 is 11.3 Å². The smallest absolute Gasteiger partial charge is 0.266 e. The van der Waals surface area contributed by atoms with Gasteiger partial charge in [0.15, 0.2) is 10.8 Å². The number of hydrogen-bond donors (Lipinski definition) is 0. The number of aryl methyl sites for hydroxylation is 2. The number of aromatic nitrogens is 4. The first kappa shape index (κ1) is 18.3. The summed E-state index contributed by atoms with van der Waals surface area (Å²) < 4.78 is 1.87. The zero-order valence-electron chi connectivity index (χ0n) is 16.2. The van der Waals surface area contributed by atoms with Gasteiger partial charge in [0.05, 0.1) is 28.8 Å². The summed E-state index contributed by atoms with van der Waals surface area (Å²) in [4.78, 5) is 24.5. The molecule has 0 saturated carbocycles. The molecule has 0 atom stereocenters. The number of thiazole rings is 1. The van der Waals surface area contributed by atoms with Crippen LogP contribution in [-0.2, 0) is 0 Å². The molecule has 0 fully saturated rings. The minimum atomic E-state index is -0.148. The number of nitrogens with zero attached hydrogens (tertiary/aromatic N) is 5. The fourth-order valence-corrected chi connectivity index (χ4v) is 3.94. The summed E-state index contributed by atoms with van der Waals surface area (Å²) in [6.45, 7) is 7.91. The van der Waals surface area contributed by atoms with E-state index in [2.05, 4.69) is 28.9 Å². The number of amides is 1. The van der Waals surface area contributed by atoms with E-state index in [-0.39, 0.29) is 11.9 Å². The van der Waals surface area contributed by atoms with Crippen LogP contribution in [0.3, 0.4) is 0 Å². The summed E-state index contributed by atoms with van der Waals surface area (Å²) in [6.07, 6.45) is 1.76. The fraction of sp³-hybridized carbons (Fsp3) is 0.238. The molecule has 0 aliphatic rings. The molecule has 1 aromatic carbocycles. The molecule has 0 aliphatic carbocycles. The number of rotatable bonds is 4. The molecule has 0 unspecified atom stereocenters. The number of pyridine rings is 1. The summed E-state index contributed by atoms with van der Waals surface area (Å²) in [5.74, 6) is -0.148. The van der Waals surface area contributed by atoms with Crippen LogP contribution in [0.15, 0.2) is 48.0 Å². The maximum atomic E-state index is 13.6. The van der Waals surface area contributed by atoms with Gasteiger partial charge in [0.25, 0.3) is 5.91 Å². The largest absolute Gasteiger partial charge is 0.268 e. The number of fused-ring (bicyclic) bond motifs is 1. The molecule has 1 amide bonds. The Morgan fingerprint density at radius 2 is 1.89 bits per heavy atom. The molecule has 4 aromatic rings. The van der Waals surface area contributed by atoms with Crippen LogP contribution in [0, 0.1) is 13.8 Å². The minimum Gasteiger partial charge on any atom is -0.268 e. The first-order valence-electron chi connectivity index (χ1n) is 9.12. The Labute approximate surface area is 167 Å². The van der Waals surface area contributed by atoms with Crippen molar-refractivity contribution in [3.05, 3.63) is 64.9 Å². The third kappa shape index (κ3) is 3.18. The second-order valence-electron chi connectivity index (χ2n) is 6.96. The molecule has 0 aliphatic heterocycles. The normalized spacial score (nSPS) is 11.3. The van der Waals surface area contributed by atoms with E-state index >= 15 is 0 Å². The maximum absolute atomic E-state index is 13.6. The average molecular weight is 392 g/mol. The highest BCUT2D eigenvalue weighted by atomic mass is 32.1. The van der Waals surface area contributed by atoms with Crippen LogP contribution in [0.4, 0.5) is 10.8 Å². The van der Waals surface area contributed by atoms with Crippen molar-refractivity contribution >= 4 is 39.1 Å². The Morgan fingerprint density at radius 1 is 1.14 bits per heavy atom. The lowest BCUT2D eigenvalue weighted by atomic mass is 10.1. The van der Waals surface area contributed by atoms with Crippen LogP contribution in [0.1, 0.15) is 41.6 Å². The Balaban J connectivity index is 1.84. The van der Waals surface area contributed by atoms with Gasteiger partial charge in [-0.25, -0.2) is 14.6 Å². The summed E-state index contributed by atoms with van der Waals surface area (Å²) in [5.41, 5.74) is 3.68. The van der Waals surface area contributed by atoms with Crippen molar-refractivity contribution < 1.29 is 4.79 Å². The van der Waals surface area contributed by atoms with Crippen LogP contribution in [-0.4, -0.2) is 25.7 Å². The van der Waals surface area contributed by atoms with Crippen molar-refractivity contribution in [3.8, 4) is 0 Å². The van der Waals surface area contributed by atoms with Gasteiger partial charge in [-0.2, -0.15) is 5.10 Å². The van der Waals surface area contributed by atoms with Crippen LogP contribution < -0.4 is 4.90 Å². The van der Waals surface area contributed by atoms with E-state index in [1.165, 1.54) is 11.3 Å². The fourth-order valence-electron chi connectivity index (χ4n) is 3.12. The van der Waals surface area contributed by atoms with E-state index < -0.39 is 0 Å². The van der Waals surface area contributed by atoms with Gasteiger partial charge in [0.1, 0.15) is 0 Å². The van der Waals surface area contributed by atoms with E-state index in [1.807, 2.05) is 60.3 Å². The third-order valence-corrected chi connectivity index (χ3v) is 5.44. The van der Waals surface area contributed by atoms with Gasteiger partial charge >= 0.3 is 0 Å². The predicted molar refractivity (Wildman–Crippen MR) is 112 cm³/mol. The molecule has 4 rings (SSSR count). The molecule has 0 spiro atoms. The van der Waals surface area contributed by atoms with Gasteiger partial charge in [-0.1, -0.05) is 18.2 Å². The molecule has 28 heavy (non-hydrogen) atoms. The number of carbonyl (C=O) groups is 1. The molecule has 142 valence electrons. The summed E-state index contributed by atoms with van der Waals surface area (Å²) in [6, 6.07) is 11.7. The molecule has 0 saturated heterocycles. The summed E-state index contributed by atoms with van der Waals surface area (Å²) in [5, 5.41) is 7.86. The summed E-state index contributed by atoms with van der Waals surface area (Å²) in [7, 11) is 0. The zero-order chi connectivity index (χ0) is 19.8. The van der Waals surface area contributed by atoms with Gasteiger partial charge in [0.2, 0.25) is 0 Å². The monoisotopic (exact) mass is 391 g/mol. The Morgan fingerprint density at radius 3 is 2.54 bits per heavy atom. The average Bonchev–Trinajstić information content (AvgIpc) is 3.28. The number of anilines is 2. The van der Waals surface area contributed by atoms with Crippen molar-refractivity contribution in [2.24, 2.45) is 0 Å². The quantitative estimate of drug-likeness (QED) is 0.487. The molecule has 6 nitrogen and oxygen atoms in total. The molecule has 3 aromatic heterocycles. The molecule has 0 N–H and O–H groups in total. The van der Waals surface area contributed by atoms with E-state index in [4.69, 9.17) is 0 Å². The van der Waals surface area contributed by atoms with Gasteiger partial charge in [-0.15, -0.1) is 11.3 Å². The second-order valence-corrected chi connectivity index (χ2v) is 7.80. The van der Waals surface area contributed by atoms with E-state index in [0.29, 0.717) is 16.4 Å². The van der Waals surface area contributed by atoms with Crippen molar-refractivity contribution in [1.82, 2.24) is 19.7 Å². The third-order valence-electron chi connectivity index (χ3n) is 4.49. The van der Waals surface area contributed by atoms with Crippen molar-refractivity contribution in [3.63, 3.8) is 0 Å². The standard InChI is InChI=1S/C21H21N5OS/c1-13(2)26-19-16(11-22-26)10-18(15(4)24-19)20(27)25(17-8-6-5-7-9-17)21-23-14(3)12-28-21/h5-13H,1-4H3. The van der Waals surface area contributed by atoms with E-state index in [0.717, 1.165) is 22.4 Å². The highest BCUT2D eigenvalue weighted by Gasteiger charge is 2.25. The highest BCUT2D eigenvalue weighted by molar-refractivity contribution is 7.14. The number of para-hydroxylation sites is 1. The molecule has 0 radical (unpaired) electrons. The molecular formula is C21H21N5OS. The first-order chi connectivity index (χ1) is 13.5. The molecule has 3 heterocycles. The van der Waals surface area contributed by atoms with Crippen molar-refractivity contribution in [2.45, 2.75) is 33.7 Å². The van der Waals surface area contributed by atoms with E-state index in [1.54, 1.807) is 11.1 Å². The number of hydrogen-bond acceptors (Lipinski definition) is 5. The zero-order valence-corrected chi connectivity index (χ0v) is 17.1. The predicted octanol–water partition coefficient (Wildman–Crippen LogP) is 5.06.